The van der Waals surface area contributed by atoms with Gasteiger partial charge >= 0.3 is 5.97 Å². The summed E-state index contributed by atoms with van der Waals surface area (Å²) < 4.78 is 10.2. The summed E-state index contributed by atoms with van der Waals surface area (Å²) in [4.78, 5) is 16.0. The van der Waals surface area contributed by atoms with E-state index in [-0.39, 0.29) is 30.5 Å². The summed E-state index contributed by atoms with van der Waals surface area (Å²) in [5, 5.41) is 28.1. The molecule has 0 unspecified atom stereocenters. The Morgan fingerprint density at radius 2 is 2.05 bits per heavy atom. The first-order valence-electron chi connectivity index (χ1n) is 6.14. The van der Waals surface area contributed by atoms with E-state index in [9.17, 15) is 9.90 Å². The maximum absolute atomic E-state index is 11.8. The molecule has 0 spiro atoms. The van der Waals surface area contributed by atoms with Crippen LogP contribution in [0.1, 0.15) is 27.2 Å². The van der Waals surface area contributed by atoms with E-state index < -0.39 is 24.3 Å². The fourth-order valence-corrected chi connectivity index (χ4v) is 2.17. The van der Waals surface area contributed by atoms with E-state index in [0.717, 1.165) is 0 Å². The normalized spacial score (nSPS) is 24.7. The van der Waals surface area contributed by atoms with E-state index in [1.807, 2.05) is 13.8 Å². The van der Waals surface area contributed by atoms with E-state index in [1.54, 1.807) is 6.92 Å². The van der Waals surface area contributed by atoms with Crippen molar-refractivity contribution in [3.63, 3.8) is 0 Å². The number of carbonyl (C=O) groups is 1. The van der Waals surface area contributed by atoms with Gasteiger partial charge in [-0.2, -0.15) is 0 Å². The van der Waals surface area contributed by atoms with E-state index in [0.29, 0.717) is 0 Å². The molecule has 0 aromatic heterocycles. The van der Waals surface area contributed by atoms with Gasteiger partial charge in [0.2, 0.25) is 11.4 Å². The van der Waals surface area contributed by atoms with E-state index in [4.69, 9.17) is 19.8 Å². The van der Waals surface area contributed by atoms with Crippen molar-refractivity contribution in [2.75, 3.05) is 13.2 Å². The van der Waals surface area contributed by atoms with Gasteiger partial charge in [0.05, 0.1) is 13.2 Å². The maximum atomic E-state index is 11.8. The molecule has 0 radical (unpaired) electrons. The van der Waals surface area contributed by atoms with Gasteiger partial charge in [0.1, 0.15) is 6.10 Å². The lowest BCUT2D eigenvalue weighted by molar-refractivity contribution is -0.241. The van der Waals surface area contributed by atoms with Crippen LogP contribution in [0.4, 0.5) is 0 Å². The zero-order chi connectivity index (χ0) is 14.6. The molecule has 0 aliphatic carbocycles. The van der Waals surface area contributed by atoms with Crippen LogP contribution in [-0.2, 0) is 19.2 Å². The third-order valence-corrected chi connectivity index (χ3v) is 2.85. The first kappa shape index (κ1) is 15.7. The standard InChI is InChI=1S/C12H20O7/c1-4-17-9-10(19-16)12(5-7(2)3,8(14)6-13)18-11(9)15/h7-8,13-14,16H,4-6H2,1-3H3/t8-,12+/m0/s1. The molecule has 0 bridgehead atoms. The van der Waals surface area contributed by atoms with Crippen LogP contribution in [0, 0.1) is 5.92 Å². The van der Waals surface area contributed by atoms with Crippen molar-refractivity contribution in [1.29, 1.82) is 0 Å². The number of carbonyl (C=O) groups excluding carboxylic acids is 1. The number of aliphatic hydroxyl groups is 2. The fraction of sp³-hybridized carbons (Fsp3) is 0.750. The number of hydrogen-bond acceptors (Lipinski definition) is 7. The molecule has 1 heterocycles. The van der Waals surface area contributed by atoms with Crippen LogP contribution in [0.25, 0.3) is 0 Å². The zero-order valence-electron chi connectivity index (χ0n) is 11.3. The van der Waals surface area contributed by atoms with Gasteiger partial charge in [-0.3, -0.25) is 0 Å². The second-order valence-electron chi connectivity index (χ2n) is 4.76. The summed E-state index contributed by atoms with van der Waals surface area (Å²) >= 11 is 0. The van der Waals surface area contributed by atoms with Gasteiger partial charge in [0.15, 0.2) is 0 Å². The highest BCUT2D eigenvalue weighted by Gasteiger charge is 2.56. The topological polar surface area (TPSA) is 105 Å². The lowest BCUT2D eigenvalue weighted by Crippen LogP contribution is -2.48. The molecule has 0 saturated heterocycles. The smallest absolute Gasteiger partial charge is 0.378 e. The summed E-state index contributed by atoms with van der Waals surface area (Å²) in [6, 6.07) is 0. The molecule has 2 atom stereocenters. The van der Waals surface area contributed by atoms with Crippen molar-refractivity contribution in [3.05, 3.63) is 11.5 Å². The molecule has 19 heavy (non-hydrogen) atoms. The van der Waals surface area contributed by atoms with Crippen molar-refractivity contribution >= 4 is 5.97 Å². The number of esters is 1. The minimum atomic E-state index is -1.63. The van der Waals surface area contributed by atoms with Crippen LogP contribution >= 0.6 is 0 Å². The van der Waals surface area contributed by atoms with Crippen LogP contribution < -0.4 is 0 Å². The molecule has 3 N–H and O–H groups in total. The van der Waals surface area contributed by atoms with E-state index in [1.165, 1.54) is 0 Å². The average Bonchev–Trinajstić information content (AvgIpc) is 2.61. The van der Waals surface area contributed by atoms with Crippen LogP contribution in [0.15, 0.2) is 11.5 Å². The Hall–Kier alpha value is -1.31. The Morgan fingerprint density at radius 1 is 1.42 bits per heavy atom. The predicted octanol–water partition coefficient (Wildman–Crippen LogP) is 0.419. The molecular formula is C12H20O7. The summed E-state index contributed by atoms with van der Waals surface area (Å²) in [5.41, 5.74) is -1.63. The van der Waals surface area contributed by atoms with Gasteiger partial charge in [0, 0.05) is 0 Å². The Morgan fingerprint density at radius 3 is 2.47 bits per heavy atom. The summed E-state index contributed by atoms with van der Waals surface area (Å²) in [6.45, 7) is 4.86. The molecule has 1 rings (SSSR count). The third kappa shape index (κ3) is 2.83. The van der Waals surface area contributed by atoms with Crippen LogP contribution in [0.3, 0.4) is 0 Å². The summed E-state index contributed by atoms with van der Waals surface area (Å²) in [7, 11) is 0. The van der Waals surface area contributed by atoms with Crippen molar-refractivity contribution < 1.29 is 34.6 Å². The number of ether oxygens (including phenoxy) is 2. The number of aliphatic hydroxyl groups excluding tert-OH is 2. The molecular weight excluding hydrogens is 256 g/mol. The summed E-state index contributed by atoms with van der Waals surface area (Å²) in [6.07, 6.45) is -1.24. The molecule has 0 saturated carbocycles. The second kappa shape index (κ2) is 6.23. The van der Waals surface area contributed by atoms with E-state index >= 15 is 0 Å². The molecule has 7 nitrogen and oxygen atoms in total. The third-order valence-electron chi connectivity index (χ3n) is 2.85. The van der Waals surface area contributed by atoms with Gasteiger partial charge in [-0.15, -0.1) is 0 Å². The van der Waals surface area contributed by atoms with E-state index in [2.05, 4.69) is 4.89 Å². The number of rotatable bonds is 7. The molecule has 1 aliphatic heterocycles. The van der Waals surface area contributed by atoms with Gasteiger partial charge < -0.3 is 24.6 Å². The molecule has 110 valence electrons. The maximum Gasteiger partial charge on any atom is 0.378 e. The molecule has 0 aromatic rings. The number of hydrogen-bond donors (Lipinski definition) is 3. The minimum Gasteiger partial charge on any atom is -0.484 e. The highest BCUT2D eigenvalue weighted by Crippen LogP contribution is 2.41. The van der Waals surface area contributed by atoms with Crippen molar-refractivity contribution in [1.82, 2.24) is 0 Å². The largest absolute Gasteiger partial charge is 0.484 e. The van der Waals surface area contributed by atoms with Gasteiger partial charge in [-0.25, -0.2) is 10.1 Å². The Balaban J connectivity index is 3.26. The van der Waals surface area contributed by atoms with Gasteiger partial charge in [-0.05, 0) is 19.3 Å². The van der Waals surface area contributed by atoms with Crippen molar-refractivity contribution in [2.45, 2.75) is 38.9 Å². The van der Waals surface area contributed by atoms with Crippen molar-refractivity contribution in [3.8, 4) is 0 Å². The molecule has 0 fully saturated rings. The first-order valence-corrected chi connectivity index (χ1v) is 6.14. The van der Waals surface area contributed by atoms with Crippen LogP contribution in [0.5, 0.6) is 0 Å². The molecule has 0 amide bonds. The van der Waals surface area contributed by atoms with Gasteiger partial charge in [0.25, 0.3) is 5.76 Å². The second-order valence-corrected chi connectivity index (χ2v) is 4.76. The monoisotopic (exact) mass is 276 g/mol. The molecule has 1 aliphatic rings. The Labute approximate surface area is 111 Å². The zero-order valence-corrected chi connectivity index (χ0v) is 11.3. The predicted molar refractivity (Wildman–Crippen MR) is 63.7 cm³/mol. The van der Waals surface area contributed by atoms with Gasteiger partial charge in [-0.1, -0.05) is 13.8 Å². The number of cyclic esters (lactones) is 1. The molecule has 0 aromatic carbocycles. The quantitative estimate of drug-likeness (QED) is 0.351. The highest BCUT2D eigenvalue weighted by atomic mass is 17.1. The summed E-state index contributed by atoms with van der Waals surface area (Å²) in [5.74, 6) is -1.40. The van der Waals surface area contributed by atoms with Crippen molar-refractivity contribution in [2.24, 2.45) is 5.92 Å². The van der Waals surface area contributed by atoms with Crippen LogP contribution in [-0.4, -0.2) is 46.4 Å². The lowest BCUT2D eigenvalue weighted by Gasteiger charge is -2.33. The minimum absolute atomic E-state index is 0.0140. The lowest BCUT2D eigenvalue weighted by atomic mass is 9.86. The Kier molecular flexibility index (Phi) is 5.16. The highest BCUT2D eigenvalue weighted by molar-refractivity contribution is 5.90. The fourth-order valence-electron chi connectivity index (χ4n) is 2.17. The Bertz CT molecular complexity index is 363. The SMILES string of the molecule is CCOC1=C(OO)[C@@](CC(C)C)([C@@H](O)CO)OC1=O. The van der Waals surface area contributed by atoms with Crippen LogP contribution in [0.2, 0.25) is 0 Å². The first-order chi connectivity index (χ1) is 8.92. The average molecular weight is 276 g/mol. The molecule has 7 heteroatoms.